The third-order valence-electron chi connectivity index (χ3n) is 6.11. The van der Waals surface area contributed by atoms with E-state index in [9.17, 15) is 14.4 Å². The standard InChI is InChI=1S/C23H32N2O3/c1-17-5-7-19(8-6-17)21(26)9-10-22(27)24-14-11-20(12-15-24)23(28)25-13-3-4-18(2)16-25/h5-8,18,20H,3-4,9-16H2,1-2H3. The van der Waals surface area contributed by atoms with Crippen LogP contribution in [0.1, 0.15) is 61.4 Å². The highest BCUT2D eigenvalue weighted by atomic mass is 16.2. The molecule has 0 aromatic heterocycles. The molecule has 2 aliphatic rings. The summed E-state index contributed by atoms with van der Waals surface area (Å²) in [5, 5.41) is 0. The normalized spacial score (nSPS) is 20.9. The number of amides is 2. The molecule has 2 amide bonds. The monoisotopic (exact) mass is 384 g/mol. The number of nitrogens with zero attached hydrogens (tertiary/aromatic N) is 2. The van der Waals surface area contributed by atoms with Crippen LogP contribution in [0.4, 0.5) is 0 Å². The largest absolute Gasteiger partial charge is 0.343 e. The molecule has 0 spiro atoms. The molecular weight excluding hydrogens is 352 g/mol. The van der Waals surface area contributed by atoms with E-state index in [1.54, 1.807) is 0 Å². The molecule has 2 aliphatic heterocycles. The van der Waals surface area contributed by atoms with Crippen LogP contribution in [0, 0.1) is 18.8 Å². The second kappa shape index (κ2) is 9.35. The van der Waals surface area contributed by atoms with Crippen molar-refractivity contribution in [3.63, 3.8) is 0 Å². The minimum absolute atomic E-state index is 0.0117. The summed E-state index contributed by atoms with van der Waals surface area (Å²) in [5.41, 5.74) is 1.78. The first kappa shape index (κ1) is 20.6. The third-order valence-corrected chi connectivity index (χ3v) is 6.11. The van der Waals surface area contributed by atoms with E-state index in [-0.39, 0.29) is 36.4 Å². The van der Waals surface area contributed by atoms with Gasteiger partial charge in [-0.2, -0.15) is 0 Å². The van der Waals surface area contributed by atoms with Gasteiger partial charge in [-0.1, -0.05) is 36.8 Å². The van der Waals surface area contributed by atoms with Gasteiger partial charge in [-0.15, -0.1) is 0 Å². The van der Waals surface area contributed by atoms with Crippen molar-refractivity contribution in [2.45, 2.75) is 52.4 Å². The minimum Gasteiger partial charge on any atom is -0.343 e. The summed E-state index contributed by atoms with van der Waals surface area (Å²) in [5.74, 6) is 0.942. The number of rotatable bonds is 5. The SMILES string of the molecule is Cc1ccc(C(=O)CCC(=O)N2CCC(C(=O)N3CCCC(C)C3)CC2)cc1. The lowest BCUT2D eigenvalue weighted by molar-refractivity contribution is -0.142. The molecule has 1 aromatic carbocycles. The van der Waals surface area contributed by atoms with Crippen molar-refractivity contribution in [2.75, 3.05) is 26.2 Å². The van der Waals surface area contributed by atoms with Gasteiger partial charge in [0.2, 0.25) is 11.8 Å². The molecule has 3 rings (SSSR count). The molecule has 1 atom stereocenters. The Balaban J connectivity index is 1.42. The van der Waals surface area contributed by atoms with E-state index in [0.29, 0.717) is 24.6 Å². The predicted octanol–water partition coefficient (Wildman–Crippen LogP) is 3.46. The van der Waals surface area contributed by atoms with Crippen molar-refractivity contribution in [3.8, 4) is 0 Å². The second-order valence-corrected chi connectivity index (χ2v) is 8.48. The molecule has 2 fully saturated rings. The van der Waals surface area contributed by atoms with Crippen LogP contribution in [-0.4, -0.2) is 53.6 Å². The zero-order valence-electron chi connectivity index (χ0n) is 17.2. The van der Waals surface area contributed by atoms with Crippen LogP contribution in [0.25, 0.3) is 0 Å². The predicted molar refractivity (Wildman–Crippen MR) is 109 cm³/mol. The van der Waals surface area contributed by atoms with Crippen molar-refractivity contribution in [1.29, 1.82) is 0 Å². The Morgan fingerprint density at radius 2 is 1.61 bits per heavy atom. The molecule has 1 unspecified atom stereocenters. The van der Waals surface area contributed by atoms with Gasteiger partial charge in [-0.3, -0.25) is 14.4 Å². The van der Waals surface area contributed by atoms with Crippen LogP contribution in [0.5, 0.6) is 0 Å². The lowest BCUT2D eigenvalue weighted by Gasteiger charge is -2.37. The third kappa shape index (κ3) is 5.21. The molecule has 0 aliphatic carbocycles. The van der Waals surface area contributed by atoms with E-state index in [4.69, 9.17) is 0 Å². The molecule has 5 nitrogen and oxygen atoms in total. The lowest BCUT2D eigenvalue weighted by Crippen LogP contribution is -2.47. The number of aryl methyl sites for hydroxylation is 1. The number of hydrogen-bond acceptors (Lipinski definition) is 3. The smallest absolute Gasteiger partial charge is 0.225 e. The Hall–Kier alpha value is -2.17. The average Bonchev–Trinajstić information content (AvgIpc) is 2.72. The highest BCUT2D eigenvalue weighted by molar-refractivity contribution is 5.98. The fraction of sp³-hybridized carbons (Fsp3) is 0.609. The van der Waals surface area contributed by atoms with Crippen molar-refractivity contribution in [3.05, 3.63) is 35.4 Å². The molecule has 0 N–H and O–H groups in total. The molecule has 28 heavy (non-hydrogen) atoms. The van der Waals surface area contributed by atoms with Crippen LogP contribution < -0.4 is 0 Å². The first-order valence-electron chi connectivity index (χ1n) is 10.6. The zero-order chi connectivity index (χ0) is 20.1. The number of likely N-dealkylation sites (tertiary alicyclic amines) is 2. The quantitative estimate of drug-likeness (QED) is 0.731. The molecule has 2 heterocycles. The Kier molecular flexibility index (Phi) is 6.87. The number of piperidine rings is 2. The van der Waals surface area contributed by atoms with Gasteiger partial charge in [0.05, 0.1) is 0 Å². The van der Waals surface area contributed by atoms with Crippen molar-refractivity contribution in [1.82, 2.24) is 9.80 Å². The minimum atomic E-state index is 0.0117. The molecular formula is C23H32N2O3. The van der Waals surface area contributed by atoms with E-state index in [1.165, 1.54) is 6.42 Å². The van der Waals surface area contributed by atoms with Crippen molar-refractivity contribution >= 4 is 17.6 Å². The first-order valence-corrected chi connectivity index (χ1v) is 10.6. The van der Waals surface area contributed by atoms with Gasteiger partial charge in [0.25, 0.3) is 0 Å². The van der Waals surface area contributed by atoms with Gasteiger partial charge in [0, 0.05) is 50.5 Å². The van der Waals surface area contributed by atoms with E-state index < -0.39 is 0 Å². The summed E-state index contributed by atoms with van der Waals surface area (Å²) in [6.07, 6.45) is 4.27. The summed E-state index contributed by atoms with van der Waals surface area (Å²) in [4.78, 5) is 41.4. The highest BCUT2D eigenvalue weighted by Gasteiger charge is 2.31. The Morgan fingerprint density at radius 3 is 2.25 bits per heavy atom. The highest BCUT2D eigenvalue weighted by Crippen LogP contribution is 2.24. The Morgan fingerprint density at radius 1 is 0.929 bits per heavy atom. The van der Waals surface area contributed by atoms with Gasteiger partial charge < -0.3 is 9.80 Å². The molecule has 0 saturated carbocycles. The maximum absolute atomic E-state index is 12.7. The molecule has 0 bridgehead atoms. The van der Waals surface area contributed by atoms with Crippen LogP contribution >= 0.6 is 0 Å². The van der Waals surface area contributed by atoms with Gasteiger partial charge in [-0.05, 0) is 38.5 Å². The van der Waals surface area contributed by atoms with E-state index >= 15 is 0 Å². The molecule has 152 valence electrons. The van der Waals surface area contributed by atoms with Crippen LogP contribution in [0.3, 0.4) is 0 Å². The van der Waals surface area contributed by atoms with Gasteiger partial charge in [0.1, 0.15) is 0 Å². The zero-order valence-corrected chi connectivity index (χ0v) is 17.2. The summed E-state index contributed by atoms with van der Waals surface area (Å²) in [6.45, 7) is 7.19. The summed E-state index contributed by atoms with van der Waals surface area (Å²) >= 11 is 0. The Labute approximate surface area is 168 Å². The Bertz CT molecular complexity index is 705. The van der Waals surface area contributed by atoms with Gasteiger partial charge >= 0.3 is 0 Å². The van der Waals surface area contributed by atoms with Crippen LogP contribution in [-0.2, 0) is 9.59 Å². The van der Waals surface area contributed by atoms with Gasteiger partial charge in [-0.25, -0.2) is 0 Å². The molecule has 2 saturated heterocycles. The number of carbonyl (C=O) groups excluding carboxylic acids is 3. The van der Waals surface area contributed by atoms with Crippen LogP contribution in [0.15, 0.2) is 24.3 Å². The number of Topliss-reactive ketones (excluding diaryl/α,β-unsaturated/α-hetero) is 1. The summed E-state index contributed by atoms with van der Waals surface area (Å²) in [7, 11) is 0. The first-order chi connectivity index (χ1) is 13.4. The molecule has 0 radical (unpaired) electrons. The maximum Gasteiger partial charge on any atom is 0.225 e. The van der Waals surface area contributed by atoms with E-state index in [1.807, 2.05) is 41.0 Å². The van der Waals surface area contributed by atoms with Gasteiger partial charge in [0.15, 0.2) is 5.78 Å². The second-order valence-electron chi connectivity index (χ2n) is 8.48. The van der Waals surface area contributed by atoms with E-state index in [2.05, 4.69) is 6.92 Å². The molecule has 5 heteroatoms. The maximum atomic E-state index is 12.7. The topological polar surface area (TPSA) is 57.7 Å². The number of ketones is 1. The average molecular weight is 385 g/mol. The lowest BCUT2D eigenvalue weighted by atomic mass is 9.92. The molecule has 1 aromatic rings. The number of carbonyl (C=O) groups is 3. The number of hydrogen-bond donors (Lipinski definition) is 0. The van der Waals surface area contributed by atoms with Crippen molar-refractivity contribution in [2.24, 2.45) is 11.8 Å². The van der Waals surface area contributed by atoms with Crippen LogP contribution in [0.2, 0.25) is 0 Å². The van der Waals surface area contributed by atoms with E-state index in [0.717, 1.165) is 37.9 Å². The summed E-state index contributed by atoms with van der Waals surface area (Å²) < 4.78 is 0. The summed E-state index contributed by atoms with van der Waals surface area (Å²) in [6, 6.07) is 7.47. The fourth-order valence-corrected chi connectivity index (χ4v) is 4.29. The number of benzene rings is 1. The fourth-order valence-electron chi connectivity index (χ4n) is 4.29. The van der Waals surface area contributed by atoms with Crippen molar-refractivity contribution < 1.29 is 14.4 Å².